The second kappa shape index (κ2) is 6.37. The van der Waals surface area contributed by atoms with Crippen molar-refractivity contribution in [3.8, 4) is 0 Å². The highest BCUT2D eigenvalue weighted by Crippen LogP contribution is 2.21. The maximum absolute atomic E-state index is 13.0. The van der Waals surface area contributed by atoms with Crippen molar-refractivity contribution >= 4 is 29.2 Å². The minimum Gasteiger partial charge on any atom is -0.481 e. The first kappa shape index (κ1) is 15.0. The maximum atomic E-state index is 13.0. The van der Waals surface area contributed by atoms with Gasteiger partial charge in [0.05, 0.1) is 17.0 Å². The Labute approximate surface area is 125 Å². The average Bonchev–Trinajstić information content (AvgIpc) is 2.40. The lowest BCUT2D eigenvalue weighted by molar-refractivity contribution is -0.136. The van der Waals surface area contributed by atoms with Crippen molar-refractivity contribution in [3.63, 3.8) is 0 Å². The molecule has 108 valence electrons. The molecule has 0 aliphatic rings. The van der Waals surface area contributed by atoms with E-state index in [2.05, 4.69) is 5.32 Å². The fraction of sp³-hybridized carbons (Fsp3) is 0.0667. The van der Waals surface area contributed by atoms with Crippen molar-refractivity contribution in [2.75, 3.05) is 5.32 Å². The third-order valence-corrected chi connectivity index (χ3v) is 3.10. The largest absolute Gasteiger partial charge is 0.481 e. The van der Waals surface area contributed by atoms with E-state index >= 15 is 0 Å². The van der Waals surface area contributed by atoms with Gasteiger partial charge >= 0.3 is 5.97 Å². The standard InChI is InChI=1S/C15H11ClFNO3/c16-12-8-10(17)5-6-11(12)15(21)18-13-4-2-1-3-9(13)7-14(19)20/h1-6,8H,7H2,(H,18,21)(H,19,20). The van der Waals surface area contributed by atoms with E-state index < -0.39 is 17.7 Å². The number of carboxylic acid groups (broad SMARTS) is 1. The van der Waals surface area contributed by atoms with Gasteiger partial charge in [0.1, 0.15) is 5.82 Å². The van der Waals surface area contributed by atoms with Crippen molar-refractivity contribution in [1.29, 1.82) is 0 Å². The number of carboxylic acids is 1. The molecule has 0 saturated carbocycles. The van der Waals surface area contributed by atoms with E-state index in [1.807, 2.05) is 0 Å². The van der Waals surface area contributed by atoms with Crippen molar-refractivity contribution in [1.82, 2.24) is 0 Å². The molecule has 0 radical (unpaired) electrons. The summed E-state index contributed by atoms with van der Waals surface area (Å²) in [6, 6.07) is 9.99. The molecule has 0 saturated heterocycles. The molecule has 0 heterocycles. The zero-order chi connectivity index (χ0) is 15.4. The van der Waals surface area contributed by atoms with Gasteiger partial charge in [-0.05, 0) is 29.8 Å². The number of carbonyl (C=O) groups excluding carboxylic acids is 1. The van der Waals surface area contributed by atoms with Crippen molar-refractivity contribution in [2.45, 2.75) is 6.42 Å². The molecular weight excluding hydrogens is 297 g/mol. The van der Waals surface area contributed by atoms with Gasteiger partial charge in [-0.3, -0.25) is 9.59 Å². The lowest BCUT2D eigenvalue weighted by Crippen LogP contribution is -2.15. The molecule has 0 spiro atoms. The summed E-state index contributed by atoms with van der Waals surface area (Å²) in [6.45, 7) is 0. The minimum absolute atomic E-state index is 0.0109. The highest BCUT2D eigenvalue weighted by atomic mass is 35.5. The number of halogens is 2. The summed E-state index contributed by atoms with van der Waals surface area (Å²) in [6.07, 6.45) is -0.215. The van der Waals surface area contributed by atoms with E-state index in [0.29, 0.717) is 11.3 Å². The van der Waals surface area contributed by atoms with Gasteiger partial charge in [-0.15, -0.1) is 0 Å². The fourth-order valence-electron chi connectivity index (χ4n) is 1.82. The summed E-state index contributed by atoms with van der Waals surface area (Å²) < 4.78 is 13.0. The number of hydrogen-bond acceptors (Lipinski definition) is 2. The molecule has 0 unspecified atom stereocenters. The van der Waals surface area contributed by atoms with Gasteiger partial charge in [0.15, 0.2) is 0 Å². The summed E-state index contributed by atoms with van der Waals surface area (Å²) in [4.78, 5) is 22.9. The van der Waals surface area contributed by atoms with Crippen LogP contribution in [0.2, 0.25) is 5.02 Å². The number of benzene rings is 2. The zero-order valence-electron chi connectivity index (χ0n) is 10.8. The third kappa shape index (κ3) is 3.79. The molecule has 0 fully saturated rings. The average molecular weight is 308 g/mol. The van der Waals surface area contributed by atoms with Crippen molar-refractivity contribution < 1.29 is 19.1 Å². The minimum atomic E-state index is -1.00. The molecule has 0 aromatic heterocycles. The quantitative estimate of drug-likeness (QED) is 0.910. The Kier molecular flexibility index (Phi) is 4.55. The molecular formula is C15H11ClFNO3. The lowest BCUT2D eigenvalue weighted by Gasteiger charge is -2.10. The molecule has 4 nitrogen and oxygen atoms in total. The van der Waals surface area contributed by atoms with E-state index in [0.717, 1.165) is 12.1 Å². The number of amides is 1. The topological polar surface area (TPSA) is 66.4 Å². The Bertz CT molecular complexity index is 703. The summed E-state index contributed by atoms with van der Waals surface area (Å²) in [5.41, 5.74) is 0.963. The van der Waals surface area contributed by atoms with Gasteiger partial charge < -0.3 is 10.4 Å². The fourth-order valence-corrected chi connectivity index (χ4v) is 2.08. The predicted octanol–water partition coefficient (Wildman–Crippen LogP) is 3.36. The second-order valence-electron chi connectivity index (χ2n) is 4.31. The first-order chi connectivity index (χ1) is 9.97. The Balaban J connectivity index is 2.25. The van der Waals surface area contributed by atoms with Crippen LogP contribution in [0.3, 0.4) is 0 Å². The van der Waals surface area contributed by atoms with Gasteiger partial charge in [0.2, 0.25) is 0 Å². The Morgan fingerprint density at radius 3 is 2.57 bits per heavy atom. The van der Waals surface area contributed by atoms with Crippen LogP contribution in [0.5, 0.6) is 0 Å². The number of hydrogen-bond donors (Lipinski definition) is 2. The summed E-state index contributed by atoms with van der Waals surface area (Å²) in [7, 11) is 0. The highest BCUT2D eigenvalue weighted by molar-refractivity contribution is 6.34. The van der Waals surface area contributed by atoms with Crippen LogP contribution in [-0.2, 0) is 11.2 Å². The number of nitrogens with one attached hydrogen (secondary N) is 1. The molecule has 2 rings (SSSR count). The summed E-state index contributed by atoms with van der Waals surface area (Å²) in [5.74, 6) is -2.07. The first-order valence-corrected chi connectivity index (χ1v) is 6.41. The number of aliphatic carboxylic acids is 1. The molecule has 21 heavy (non-hydrogen) atoms. The Hall–Kier alpha value is -2.40. The van der Waals surface area contributed by atoms with Crippen molar-refractivity contribution in [2.24, 2.45) is 0 Å². The van der Waals surface area contributed by atoms with E-state index in [-0.39, 0.29) is 17.0 Å². The molecule has 0 atom stereocenters. The second-order valence-corrected chi connectivity index (χ2v) is 4.71. The lowest BCUT2D eigenvalue weighted by atomic mass is 10.1. The Morgan fingerprint density at radius 2 is 1.90 bits per heavy atom. The summed E-state index contributed by atoms with van der Waals surface area (Å²) in [5, 5.41) is 11.4. The van der Waals surface area contributed by atoms with Crippen LogP contribution in [0.1, 0.15) is 15.9 Å². The molecule has 1 amide bonds. The van der Waals surface area contributed by atoms with E-state index in [4.69, 9.17) is 16.7 Å². The first-order valence-electron chi connectivity index (χ1n) is 6.03. The van der Waals surface area contributed by atoms with Crippen LogP contribution >= 0.6 is 11.6 Å². The molecule has 6 heteroatoms. The van der Waals surface area contributed by atoms with Gasteiger partial charge in [-0.1, -0.05) is 29.8 Å². The van der Waals surface area contributed by atoms with Gasteiger partial charge in [0.25, 0.3) is 5.91 Å². The van der Waals surface area contributed by atoms with Gasteiger partial charge in [0, 0.05) is 5.69 Å². The van der Waals surface area contributed by atoms with Crippen LogP contribution in [0.15, 0.2) is 42.5 Å². The monoisotopic (exact) mass is 307 g/mol. The maximum Gasteiger partial charge on any atom is 0.307 e. The number of para-hydroxylation sites is 1. The SMILES string of the molecule is O=C(O)Cc1ccccc1NC(=O)c1ccc(F)cc1Cl. The molecule has 0 aliphatic carbocycles. The molecule has 0 bridgehead atoms. The van der Waals surface area contributed by atoms with Gasteiger partial charge in [-0.25, -0.2) is 4.39 Å². The highest BCUT2D eigenvalue weighted by Gasteiger charge is 2.14. The van der Waals surface area contributed by atoms with E-state index in [9.17, 15) is 14.0 Å². The number of carbonyl (C=O) groups is 2. The molecule has 0 aliphatic heterocycles. The number of anilines is 1. The smallest absolute Gasteiger partial charge is 0.307 e. The van der Waals surface area contributed by atoms with E-state index in [1.165, 1.54) is 6.07 Å². The van der Waals surface area contributed by atoms with Crippen molar-refractivity contribution in [3.05, 3.63) is 64.4 Å². The Morgan fingerprint density at radius 1 is 1.19 bits per heavy atom. The van der Waals surface area contributed by atoms with Crippen LogP contribution in [-0.4, -0.2) is 17.0 Å². The van der Waals surface area contributed by atoms with Crippen LogP contribution in [0.25, 0.3) is 0 Å². The zero-order valence-corrected chi connectivity index (χ0v) is 11.5. The van der Waals surface area contributed by atoms with Gasteiger partial charge in [-0.2, -0.15) is 0 Å². The van der Waals surface area contributed by atoms with Crippen LogP contribution in [0.4, 0.5) is 10.1 Å². The van der Waals surface area contributed by atoms with E-state index in [1.54, 1.807) is 24.3 Å². The predicted molar refractivity (Wildman–Crippen MR) is 77.1 cm³/mol. The molecule has 2 aromatic rings. The molecule has 2 aromatic carbocycles. The summed E-state index contributed by atoms with van der Waals surface area (Å²) >= 11 is 5.82. The third-order valence-electron chi connectivity index (χ3n) is 2.78. The van der Waals surface area contributed by atoms with Crippen LogP contribution in [0, 0.1) is 5.82 Å². The number of rotatable bonds is 4. The van der Waals surface area contributed by atoms with Crippen LogP contribution < -0.4 is 5.32 Å². The normalized spacial score (nSPS) is 10.2. The molecule has 2 N–H and O–H groups in total.